The monoisotopic (exact) mass is 645 g/mol. The molecule has 0 aliphatic heterocycles. The third-order valence-corrected chi connectivity index (χ3v) is 8.38. The molecule has 3 aromatic carbocycles. The van der Waals surface area contributed by atoms with E-state index >= 15 is 0 Å². The lowest BCUT2D eigenvalue weighted by Gasteiger charge is -2.17. The van der Waals surface area contributed by atoms with Crippen molar-refractivity contribution >= 4 is 26.7 Å². The predicted molar refractivity (Wildman–Crippen MR) is 160 cm³/mol. The van der Waals surface area contributed by atoms with Crippen LogP contribution in [0, 0.1) is 0 Å². The quantitative estimate of drug-likeness (QED) is 0.117. The van der Waals surface area contributed by atoms with Crippen LogP contribution in [0.3, 0.4) is 0 Å². The number of hydrogen-bond acceptors (Lipinski definition) is 8. The molecule has 0 unspecified atom stereocenters. The minimum Gasteiger partial charge on any atom is -0.748 e. The summed E-state index contributed by atoms with van der Waals surface area (Å²) in [6.45, 7) is 7.66. The first-order chi connectivity index (χ1) is 20.3. The van der Waals surface area contributed by atoms with Crippen molar-refractivity contribution in [1.29, 1.82) is 0 Å². The van der Waals surface area contributed by atoms with Crippen LogP contribution in [0.4, 0.5) is 18.9 Å². The van der Waals surface area contributed by atoms with Crippen molar-refractivity contribution in [2.45, 2.75) is 34.7 Å². The van der Waals surface area contributed by atoms with Gasteiger partial charge in [-0.1, -0.05) is 12.1 Å². The molecule has 0 saturated carbocycles. The number of alkyl halides is 3. The summed E-state index contributed by atoms with van der Waals surface area (Å²) in [5.41, 5.74) is 1.21. The van der Waals surface area contributed by atoms with E-state index in [9.17, 15) is 26.1 Å². The topological polar surface area (TPSA) is 97.4 Å². The maximum atomic E-state index is 11.0. The third-order valence-electron chi connectivity index (χ3n) is 5.43. The van der Waals surface area contributed by atoms with E-state index in [4.69, 9.17) is 18.9 Å². The molecule has 0 amide bonds. The van der Waals surface area contributed by atoms with Crippen LogP contribution >= 0.6 is 0 Å². The van der Waals surface area contributed by atoms with E-state index in [1.54, 1.807) is 0 Å². The van der Waals surface area contributed by atoms with E-state index in [-0.39, 0.29) is 10.9 Å². The van der Waals surface area contributed by atoms with Crippen LogP contribution in [-0.4, -0.2) is 78.6 Å². The highest BCUT2D eigenvalue weighted by Crippen LogP contribution is 2.37. The van der Waals surface area contributed by atoms with E-state index < -0.39 is 22.0 Å². The molecule has 0 fully saturated rings. The number of para-hydroxylation sites is 1. The van der Waals surface area contributed by atoms with Crippen LogP contribution in [-0.2, 0) is 30.5 Å². The Bertz CT molecular complexity index is 1270. The number of benzene rings is 3. The van der Waals surface area contributed by atoms with Gasteiger partial charge in [0.05, 0.1) is 18.9 Å². The first-order valence-corrected chi connectivity index (χ1v) is 16.3. The van der Waals surface area contributed by atoms with Gasteiger partial charge < -0.3 is 28.4 Å². The molecule has 0 bridgehead atoms. The maximum Gasteiger partial charge on any atom is 0.401 e. The largest absolute Gasteiger partial charge is 0.748 e. The van der Waals surface area contributed by atoms with Gasteiger partial charge in [-0.15, -0.1) is 0 Å². The Hall–Kier alpha value is -2.97. The molecule has 0 aromatic heterocycles. The number of nitrogens with zero attached hydrogens (tertiary/aromatic N) is 1. The Morgan fingerprint density at radius 1 is 0.744 bits per heavy atom. The predicted octanol–water partition coefficient (Wildman–Crippen LogP) is 5.77. The molecule has 0 aliphatic rings. The average Bonchev–Trinajstić information content (AvgIpc) is 2.94. The summed E-state index contributed by atoms with van der Waals surface area (Å²) in [7, 11) is -1.26. The van der Waals surface area contributed by atoms with E-state index in [1.165, 1.54) is 20.4 Å². The fraction of sp³-hybridized carbons (Fsp3) is 0.400. The smallest absolute Gasteiger partial charge is 0.401 e. The number of rotatable bonds is 15. The van der Waals surface area contributed by atoms with Gasteiger partial charge in [-0.3, -0.25) is 0 Å². The van der Waals surface area contributed by atoms with Crippen molar-refractivity contribution in [1.82, 2.24) is 0 Å². The summed E-state index contributed by atoms with van der Waals surface area (Å²) in [5, 5.41) is 0. The van der Waals surface area contributed by atoms with Crippen LogP contribution < -0.4 is 14.4 Å². The first-order valence-electron chi connectivity index (χ1n) is 13.5. The second-order valence-electron chi connectivity index (χ2n) is 9.02. The first kappa shape index (κ1) is 36.2. The van der Waals surface area contributed by atoms with Crippen molar-refractivity contribution in [2.75, 3.05) is 64.4 Å². The van der Waals surface area contributed by atoms with Gasteiger partial charge in [0.1, 0.15) is 51.5 Å². The Labute approximate surface area is 254 Å². The summed E-state index contributed by atoms with van der Waals surface area (Å²) in [4.78, 5) is 5.92. The number of halogens is 3. The van der Waals surface area contributed by atoms with Crippen LogP contribution in [0.15, 0.2) is 87.5 Å². The zero-order valence-corrected chi connectivity index (χ0v) is 26.3. The van der Waals surface area contributed by atoms with Gasteiger partial charge in [0.15, 0.2) is 14.7 Å². The molecule has 3 rings (SSSR count). The normalized spacial score (nSPS) is 11.6. The molecule has 13 heteroatoms. The molecule has 0 spiro atoms. The minimum absolute atomic E-state index is 0.283. The summed E-state index contributed by atoms with van der Waals surface area (Å²) < 4.78 is 83.4. The van der Waals surface area contributed by atoms with Crippen molar-refractivity contribution < 1.29 is 45.1 Å². The van der Waals surface area contributed by atoms with Crippen LogP contribution in [0.1, 0.15) is 13.8 Å². The molecule has 0 heterocycles. The van der Waals surface area contributed by atoms with Crippen molar-refractivity contribution in [3.05, 3.63) is 72.8 Å². The molecule has 43 heavy (non-hydrogen) atoms. The highest BCUT2D eigenvalue weighted by Gasteiger charge is 2.32. The molecule has 0 saturated heterocycles. The fourth-order valence-corrected chi connectivity index (χ4v) is 6.33. The lowest BCUT2D eigenvalue weighted by atomic mass is 10.3. The molecule has 0 N–H and O–H groups in total. The second-order valence-corrected chi connectivity index (χ2v) is 12.4. The van der Waals surface area contributed by atoms with Crippen molar-refractivity contribution in [2.24, 2.45) is 0 Å². The highest BCUT2D eigenvalue weighted by atomic mass is 32.2. The molecular formula is C30H38F3NO7S2. The number of hydrogen-bond donors (Lipinski definition) is 0. The molecule has 8 nitrogen and oxygen atoms in total. The van der Waals surface area contributed by atoms with E-state index in [1.807, 2.05) is 38.1 Å². The average molecular weight is 646 g/mol. The summed E-state index contributed by atoms with van der Waals surface area (Å²) in [6, 6.07) is 25.4. The lowest BCUT2D eigenvalue weighted by Crippen LogP contribution is -2.21. The van der Waals surface area contributed by atoms with Crippen molar-refractivity contribution in [3.8, 4) is 11.5 Å². The summed E-state index contributed by atoms with van der Waals surface area (Å²) >= 11 is 0. The van der Waals surface area contributed by atoms with Crippen LogP contribution in [0.5, 0.6) is 11.5 Å². The van der Waals surface area contributed by atoms with Gasteiger partial charge in [0.25, 0.3) is 0 Å². The van der Waals surface area contributed by atoms with Gasteiger partial charge in [0.2, 0.25) is 0 Å². The molecule has 0 radical (unpaired) electrons. The van der Waals surface area contributed by atoms with Gasteiger partial charge in [-0.05, 0) is 74.5 Å². The third kappa shape index (κ3) is 13.9. The molecule has 3 aromatic rings. The summed E-state index contributed by atoms with van der Waals surface area (Å²) in [6.07, 6.45) is -4.92. The Morgan fingerprint density at radius 2 is 1.19 bits per heavy atom. The van der Waals surface area contributed by atoms with Gasteiger partial charge in [-0.2, -0.15) is 13.2 Å². The standard InChI is InChI=1S/C28H36NO4S.C2H3F3O3S/c1-5-30-19-21-32-23-11-15-25(16-12-23)34(28-10-8-7-9-27(28)29(3)4)26-17-13-24(14-18-26)33-22-20-31-6-2;3-2(4,5)1-9(6,7)8/h7-18H,5-6,19-22H2,1-4H3;1H2,(H,6,7,8)/q+1;/p-1. The zero-order valence-electron chi connectivity index (χ0n) is 24.6. The molecular weight excluding hydrogens is 607 g/mol. The summed E-state index contributed by atoms with van der Waals surface area (Å²) in [5.74, 6) is -0.586. The Balaban J connectivity index is 0.000000621. The van der Waals surface area contributed by atoms with E-state index in [0.29, 0.717) is 39.6 Å². The molecule has 238 valence electrons. The molecule has 0 aliphatic carbocycles. The van der Waals surface area contributed by atoms with Gasteiger partial charge in [0, 0.05) is 27.3 Å². The zero-order chi connectivity index (χ0) is 31.9. The maximum absolute atomic E-state index is 11.0. The van der Waals surface area contributed by atoms with Gasteiger partial charge in [-0.25, -0.2) is 8.42 Å². The second kappa shape index (κ2) is 18.0. The lowest BCUT2D eigenvalue weighted by molar-refractivity contribution is -0.107. The van der Waals surface area contributed by atoms with E-state index in [2.05, 4.69) is 67.5 Å². The van der Waals surface area contributed by atoms with Crippen LogP contribution in [0.2, 0.25) is 0 Å². The van der Waals surface area contributed by atoms with Crippen molar-refractivity contribution in [3.63, 3.8) is 0 Å². The fourth-order valence-electron chi connectivity index (χ4n) is 3.66. The highest BCUT2D eigenvalue weighted by molar-refractivity contribution is 7.97. The Kier molecular flexibility index (Phi) is 15.1. The minimum atomic E-state index is -5.16. The number of ether oxygens (including phenoxy) is 4. The SMILES string of the molecule is CCOCCOc1ccc([S+](c2ccc(OCCOCC)cc2)c2ccccc2N(C)C)cc1.O=S(=O)([O-])CC(F)(F)F. The molecule has 0 atom stereocenters. The van der Waals surface area contributed by atoms with Crippen LogP contribution in [0.25, 0.3) is 0 Å². The van der Waals surface area contributed by atoms with E-state index in [0.717, 1.165) is 11.5 Å². The van der Waals surface area contributed by atoms with Gasteiger partial charge >= 0.3 is 6.18 Å². The number of anilines is 1. The Morgan fingerprint density at radius 3 is 1.53 bits per heavy atom.